The number of aliphatic carboxylic acids is 1. The van der Waals surface area contributed by atoms with Crippen LogP contribution in [0.5, 0.6) is 0 Å². The Labute approximate surface area is 118 Å². The number of hydrogen-bond acceptors (Lipinski definition) is 3. The van der Waals surface area contributed by atoms with Gasteiger partial charge in [-0.3, -0.25) is 14.4 Å². The Morgan fingerprint density at radius 1 is 1.37 bits per heavy atom. The average molecular weight is 326 g/mol. The Bertz CT molecular complexity index is 594. The Hall–Kier alpha value is -1.69. The molecule has 2 rings (SSSR count). The van der Waals surface area contributed by atoms with Crippen LogP contribution < -0.4 is 4.90 Å². The molecule has 1 aromatic carbocycles. The number of carbonyl (C=O) groups excluding carboxylic acids is 2. The van der Waals surface area contributed by atoms with Crippen molar-refractivity contribution in [1.82, 2.24) is 0 Å². The minimum atomic E-state index is -1.13. The molecule has 0 saturated heterocycles. The van der Waals surface area contributed by atoms with Crippen LogP contribution >= 0.6 is 15.9 Å². The summed E-state index contributed by atoms with van der Waals surface area (Å²) in [6.07, 6.45) is 0. The van der Waals surface area contributed by atoms with Gasteiger partial charge in [0, 0.05) is 11.0 Å². The first-order chi connectivity index (χ1) is 8.74. The largest absolute Gasteiger partial charge is 0.481 e. The van der Waals surface area contributed by atoms with E-state index < -0.39 is 23.1 Å². The van der Waals surface area contributed by atoms with Gasteiger partial charge in [-0.05, 0) is 32.0 Å². The van der Waals surface area contributed by atoms with Crippen LogP contribution in [0.15, 0.2) is 22.7 Å². The second kappa shape index (κ2) is 4.45. The van der Waals surface area contributed by atoms with Crippen molar-refractivity contribution in [3.63, 3.8) is 0 Å². The lowest BCUT2D eigenvalue weighted by atomic mass is 9.93. The number of nitrogens with zero attached hydrogens (tertiary/aromatic N) is 1. The van der Waals surface area contributed by atoms with Gasteiger partial charge < -0.3 is 10.0 Å². The van der Waals surface area contributed by atoms with E-state index in [1.165, 1.54) is 18.7 Å². The van der Waals surface area contributed by atoms with Gasteiger partial charge in [-0.2, -0.15) is 0 Å². The van der Waals surface area contributed by atoms with E-state index >= 15 is 0 Å². The van der Waals surface area contributed by atoms with Crippen LogP contribution in [0, 0.1) is 5.41 Å². The van der Waals surface area contributed by atoms with Crippen molar-refractivity contribution < 1.29 is 19.5 Å². The summed E-state index contributed by atoms with van der Waals surface area (Å²) >= 11 is 3.28. The molecule has 1 N–H and O–H groups in total. The van der Waals surface area contributed by atoms with Crippen molar-refractivity contribution in [1.29, 1.82) is 0 Å². The normalized spacial score (nSPS) is 14.8. The molecule has 1 aliphatic rings. The standard InChI is InChI=1S/C13H12BrNO4/c1-13(2,12(18)19)6-15-9-5-7(14)3-4-8(9)10(16)11(15)17/h3-5H,6H2,1-2H3,(H,18,19). The summed E-state index contributed by atoms with van der Waals surface area (Å²) in [5.41, 5.74) is -0.354. The Morgan fingerprint density at radius 3 is 2.58 bits per heavy atom. The first-order valence-electron chi connectivity index (χ1n) is 5.63. The molecule has 0 fully saturated rings. The third kappa shape index (κ3) is 2.28. The molecular weight excluding hydrogens is 314 g/mol. The first kappa shape index (κ1) is 13.7. The van der Waals surface area contributed by atoms with Crippen LogP contribution in [-0.4, -0.2) is 29.3 Å². The summed E-state index contributed by atoms with van der Waals surface area (Å²) in [4.78, 5) is 36.1. The second-order valence-electron chi connectivity index (χ2n) is 5.07. The molecule has 1 heterocycles. The SMILES string of the molecule is CC(C)(CN1C(=O)C(=O)c2ccc(Br)cc21)C(=O)O. The number of fused-ring (bicyclic) bond motifs is 1. The number of amides is 1. The van der Waals surface area contributed by atoms with Gasteiger partial charge in [-0.25, -0.2) is 0 Å². The van der Waals surface area contributed by atoms with E-state index in [0.717, 1.165) is 4.47 Å². The fourth-order valence-electron chi connectivity index (χ4n) is 1.89. The number of carboxylic acid groups (broad SMARTS) is 1. The Kier molecular flexibility index (Phi) is 3.22. The lowest BCUT2D eigenvalue weighted by Gasteiger charge is -2.26. The van der Waals surface area contributed by atoms with Crippen LogP contribution in [0.3, 0.4) is 0 Å². The molecule has 0 aliphatic carbocycles. The molecule has 0 unspecified atom stereocenters. The molecule has 0 saturated carbocycles. The van der Waals surface area contributed by atoms with Crippen molar-refractivity contribution >= 4 is 39.3 Å². The summed E-state index contributed by atoms with van der Waals surface area (Å²) in [5, 5.41) is 9.12. The minimum Gasteiger partial charge on any atom is -0.481 e. The topological polar surface area (TPSA) is 74.7 Å². The molecule has 0 spiro atoms. The monoisotopic (exact) mass is 325 g/mol. The van der Waals surface area contributed by atoms with Gasteiger partial charge in [0.05, 0.1) is 16.7 Å². The quantitative estimate of drug-likeness (QED) is 0.863. The Balaban J connectivity index is 2.44. The van der Waals surface area contributed by atoms with Gasteiger partial charge in [0.2, 0.25) is 0 Å². The van der Waals surface area contributed by atoms with Gasteiger partial charge in [-0.1, -0.05) is 15.9 Å². The summed E-state index contributed by atoms with van der Waals surface area (Å²) < 4.78 is 0.729. The molecule has 0 aromatic heterocycles. The number of halogens is 1. The van der Waals surface area contributed by atoms with Gasteiger partial charge in [-0.15, -0.1) is 0 Å². The number of rotatable bonds is 3. The maximum absolute atomic E-state index is 11.9. The first-order valence-corrected chi connectivity index (χ1v) is 6.42. The fraction of sp³-hybridized carbons (Fsp3) is 0.308. The van der Waals surface area contributed by atoms with Crippen LogP contribution in [0.25, 0.3) is 0 Å². The number of anilines is 1. The van der Waals surface area contributed by atoms with Crippen molar-refractivity contribution in [2.75, 3.05) is 11.4 Å². The lowest BCUT2D eigenvalue weighted by molar-refractivity contribution is -0.146. The average Bonchev–Trinajstić information content (AvgIpc) is 2.54. The van der Waals surface area contributed by atoms with Gasteiger partial charge in [0.15, 0.2) is 0 Å². The zero-order valence-corrected chi connectivity index (χ0v) is 12.0. The van der Waals surface area contributed by atoms with E-state index in [1.807, 2.05) is 0 Å². The van der Waals surface area contributed by atoms with Crippen molar-refractivity contribution in [3.05, 3.63) is 28.2 Å². The van der Waals surface area contributed by atoms with E-state index in [9.17, 15) is 14.4 Å². The highest BCUT2D eigenvalue weighted by molar-refractivity contribution is 9.10. The van der Waals surface area contributed by atoms with Crippen molar-refractivity contribution in [2.45, 2.75) is 13.8 Å². The third-order valence-electron chi connectivity index (χ3n) is 3.07. The zero-order chi connectivity index (χ0) is 14.4. The minimum absolute atomic E-state index is 0.0453. The molecule has 6 heteroatoms. The van der Waals surface area contributed by atoms with Crippen LogP contribution in [0.2, 0.25) is 0 Å². The van der Waals surface area contributed by atoms with E-state index in [4.69, 9.17) is 5.11 Å². The highest BCUT2D eigenvalue weighted by Gasteiger charge is 2.40. The summed E-state index contributed by atoms with van der Waals surface area (Å²) in [6, 6.07) is 4.89. The maximum Gasteiger partial charge on any atom is 0.310 e. The molecule has 0 radical (unpaired) electrons. The number of carbonyl (C=O) groups is 3. The van der Waals surface area contributed by atoms with Gasteiger partial charge in [0.1, 0.15) is 0 Å². The number of ketones is 1. The van der Waals surface area contributed by atoms with Gasteiger partial charge >= 0.3 is 5.97 Å². The molecule has 1 aliphatic heterocycles. The predicted octanol–water partition coefficient (Wildman–Crippen LogP) is 2.09. The smallest absolute Gasteiger partial charge is 0.310 e. The van der Waals surface area contributed by atoms with Crippen LogP contribution in [0.1, 0.15) is 24.2 Å². The fourth-order valence-corrected chi connectivity index (χ4v) is 2.24. The number of carboxylic acids is 1. The van der Waals surface area contributed by atoms with Crippen LogP contribution in [-0.2, 0) is 9.59 Å². The van der Waals surface area contributed by atoms with E-state index in [0.29, 0.717) is 11.3 Å². The van der Waals surface area contributed by atoms with E-state index in [1.54, 1.807) is 18.2 Å². The number of hydrogen-bond donors (Lipinski definition) is 1. The Morgan fingerprint density at radius 2 is 2.00 bits per heavy atom. The molecular formula is C13H12BrNO4. The predicted molar refractivity (Wildman–Crippen MR) is 72.2 cm³/mol. The lowest BCUT2D eigenvalue weighted by Crippen LogP contribution is -2.41. The van der Waals surface area contributed by atoms with Crippen molar-refractivity contribution in [2.24, 2.45) is 5.41 Å². The number of benzene rings is 1. The number of Topliss-reactive ketones (excluding diaryl/α,β-unsaturated/α-hetero) is 1. The summed E-state index contributed by atoms with van der Waals surface area (Å²) in [6.45, 7) is 2.99. The molecule has 0 atom stereocenters. The maximum atomic E-state index is 11.9. The zero-order valence-electron chi connectivity index (χ0n) is 10.4. The van der Waals surface area contributed by atoms with Crippen LogP contribution in [0.4, 0.5) is 5.69 Å². The van der Waals surface area contributed by atoms with Crippen molar-refractivity contribution in [3.8, 4) is 0 Å². The molecule has 1 aromatic rings. The highest BCUT2D eigenvalue weighted by atomic mass is 79.9. The molecule has 100 valence electrons. The summed E-state index contributed by atoms with van der Waals surface area (Å²) in [7, 11) is 0. The third-order valence-corrected chi connectivity index (χ3v) is 3.56. The van der Waals surface area contributed by atoms with E-state index in [2.05, 4.69) is 15.9 Å². The molecule has 0 bridgehead atoms. The molecule has 19 heavy (non-hydrogen) atoms. The molecule has 5 nitrogen and oxygen atoms in total. The molecule has 1 amide bonds. The van der Waals surface area contributed by atoms with E-state index in [-0.39, 0.29) is 6.54 Å². The summed E-state index contributed by atoms with van der Waals surface area (Å²) in [5.74, 6) is -2.29. The highest BCUT2D eigenvalue weighted by Crippen LogP contribution is 2.34. The second-order valence-corrected chi connectivity index (χ2v) is 5.99. The van der Waals surface area contributed by atoms with Gasteiger partial charge in [0.25, 0.3) is 11.7 Å².